The summed E-state index contributed by atoms with van der Waals surface area (Å²) in [5.41, 5.74) is 3.32. The first-order chi connectivity index (χ1) is 9.59. The number of halogens is 1. The maximum absolute atomic E-state index is 10.7. The minimum atomic E-state index is -0.384. The highest BCUT2D eigenvalue weighted by molar-refractivity contribution is 5.76. The van der Waals surface area contributed by atoms with Gasteiger partial charge in [-0.1, -0.05) is 12.1 Å². The van der Waals surface area contributed by atoms with Crippen LogP contribution in [0.3, 0.4) is 0 Å². The summed E-state index contributed by atoms with van der Waals surface area (Å²) < 4.78 is 4.19. The molecule has 0 aliphatic heterocycles. The number of rotatable bonds is 2. The van der Waals surface area contributed by atoms with Crippen molar-refractivity contribution in [2.24, 2.45) is 14.1 Å². The van der Waals surface area contributed by atoms with Gasteiger partial charge in [0.15, 0.2) is 11.0 Å². The van der Waals surface area contributed by atoms with Crippen LogP contribution >= 0.6 is 0 Å². The molecule has 0 unspecified atom stereocenters. The molecule has 6 heteroatoms. The second kappa shape index (κ2) is 5.54. The molecular weight excluding hydrogens is 290 g/mol. The Labute approximate surface area is 128 Å². The van der Waals surface area contributed by atoms with Gasteiger partial charge in [-0.25, -0.2) is 9.13 Å². The predicted molar refractivity (Wildman–Crippen MR) is 76.2 cm³/mol. The number of hydrogen-bond acceptors (Lipinski definition) is 2. The van der Waals surface area contributed by atoms with Crippen molar-refractivity contribution in [1.29, 1.82) is 0 Å². The predicted octanol–water partition coefficient (Wildman–Crippen LogP) is -0.418. The lowest BCUT2D eigenvalue weighted by Gasteiger charge is -1.98. The van der Waals surface area contributed by atoms with Crippen LogP contribution in [0.5, 0.6) is 0 Å². The van der Waals surface area contributed by atoms with Crippen molar-refractivity contribution in [2.45, 2.75) is 0 Å². The normalized spacial score (nSPS) is 10.4. The van der Waals surface area contributed by atoms with Crippen molar-refractivity contribution in [3.63, 3.8) is 0 Å². The van der Waals surface area contributed by atoms with Gasteiger partial charge in [-0.3, -0.25) is 10.1 Å². The van der Waals surface area contributed by atoms with Crippen LogP contribution in [0.15, 0.2) is 48.5 Å². The molecule has 0 bridgehead atoms. The van der Waals surface area contributed by atoms with Crippen LogP contribution in [0, 0.1) is 10.1 Å². The summed E-state index contributed by atoms with van der Waals surface area (Å²) in [6.07, 6.45) is 0. The summed E-state index contributed by atoms with van der Waals surface area (Å²) in [6.45, 7) is 0. The summed E-state index contributed by atoms with van der Waals surface area (Å²) >= 11 is 0. The number of aryl methyl sites for hydroxylation is 2. The minimum absolute atomic E-state index is 0. The number of nitrogens with zero attached hydrogens (tertiary/aromatic N) is 3. The zero-order valence-electron chi connectivity index (χ0n) is 11.7. The van der Waals surface area contributed by atoms with Crippen molar-refractivity contribution in [2.75, 3.05) is 0 Å². The highest BCUT2D eigenvalue weighted by atomic mass is 35.5. The Bertz CT molecular complexity index is 771. The largest absolute Gasteiger partial charge is 1.00 e. The number of nitro groups is 1. The molecule has 0 fully saturated rings. The first-order valence-electron chi connectivity index (χ1n) is 6.28. The monoisotopic (exact) mass is 303 g/mol. The Morgan fingerprint density at radius 2 is 1.71 bits per heavy atom. The molecule has 0 spiro atoms. The number of imidazole rings is 1. The summed E-state index contributed by atoms with van der Waals surface area (Å²) in [5, 5.41) is 10.7. The quantitative estimate of drug-likeness (QED) is 0.367. The third-order valence-corrected chi connectivity index (χ3v) is 3.58. The first-order valence-corrected chi connectivity index (χ1v) is 6.28. The summed E-state index contributed by atoms with van der Waals surface area (Å²) in [4.78, 5) is 10.3. The van der Waals surface area contributed by atoms with E-state index in [2.05, 4.69) is 21.3 Å². The van der Waals surface area contributed by atoms with Gasteiger partial charge in [0, 0.05) is 12.1 Å². The van der Waals surface area contributed by atoms with Gasteiger partial charge in [0.05, 0.1) is 24.6 Å². The standard InChI is InChI=1S/C15H14N3O2.ClH/c1-16-13-5-3-4-6-14(13)17(2)15(16)11-7-9-12(10-8-11)18(19)20;/h3-10H,1-2H3;1H/q+1;/p-1. The number of aromatic nitrogens is 2. The van der Waals surface area contributed by atoms with Crippen molar-refractivity contribution in [3.8, 4) is 11.4 Å². The van der Waals surface area contributed by atoms with Crippen LogP contribution in [0.25, 0.3) is 22.4 Å². The molecule has 1 heterocycles. The summed E-state index contributed by atoms with van der Waals surface area (Å²) in [7, 11) is 4.00. The minimum Gasteiger partial charge on any atom is -1.00 e. The number of fused-ring (bicyclic) bond motifs is 1. The Morgan fingerprint density at radius 3 is 2.29 bits per heavy atom. The molecule has 5 nitrogen and oxygen atoms in total. The van der Waals surface area contributed by atoms with E-state index in [1.165, 1.54) is 12.1 Å². The average Bonchev–Trinajstić information content (AvgIpc) is 2.72. The topological polar surface area (TPSA) is 51.9 Å². The molecule has 3 aromatic rings. The van der Waals surface area contributed by atoms with Crippen molar-refractivity contribution in [3.05, 3.63) is 58.6 Å². The summed E-state index contributed by atoms with van der Waals surface area (Å²) in [5.74, 6) is 1.01. The molecule has 21 heavy (non-hydrogen) atoms. The van der Waals surface area contributed by atoms with Crippen LogP contribution in [-0.2, 0) is 14.1 Å². The van der Waals surface area contributed by atoms with Crippen LogP contribution in [0.4, 0.5) is 5.69 Å². The molecule has 0 N–H and O–H groups in total. The first kappa shape index (κ1) is 15.0. The molecule has 0 atom stereocenters. The Hall–Kier alpha value is -2.40. The molecular formula is C15H14ClN3O2. The number of benzene rings is 2. The SMILES string of the molecule is Cn1c(-c2ccc([N+](=O)[O-])cc2)[n+](C)c2ccccc21.[Cl-]. The molecule has 1 aromatic heterocycles. The van der Waals surface area contributed by atoms with E-state index in [9.17, 15) is 10.1 Å². The molecule has 108 valence electrons. The highest BCUT2D eigenvalue weighted by Gasteiger charge is 2.21. The van der Waals surface area contributed by atoms with E-state index in [-0.39, 0.29) is 23.0 Å². The van der Waals surface area contributed by atoms with E-state index in [4.69, 9.17) is 0 Å². The summed E-state index contributed by atoms with van der Waals surface area (Å²) in [6, 6.07) is 14.8. The maximum Gasteiger partial charge on any atom is 0.289 e. The van der Waals surface area contributed by atoms with Gasteiger partial charge >= 0.3 is 0 Å². The molecule has 0 radical (unpaired) electrons. The third-order valence-electron chi connectivity index (χ3n) is 3.58. The van der Waals surface area contributed by atoms with Gasteiger partial charge < -0.3 is 12.4 Å². The van der Waals surface area contributed by atoms with Gasteiger partial charge in [0.25, 0.3) is 11.5 Å². The lowest BCUT2D eigenvalue weighted by molar-refractivity contribution is -0.634. The fraction of sp³-hybridized carbons (Fsp3) is 0.133. The van der Waals surface area contributed by atoms with Crippen LogP contribution in [0.2, 0.25) is 0 Å². The van der Waals surface area contributed by atoms with Gasteiger partial charge in [0.2, 0.25) is 0 Å². The number of non-ortho nitro benzene ring substituents is 1. The molecule has 0 saturated heterocycles. The molecule has 3 rings (SSSR count). The Balaban J connectivity index is 0.00000161. The molecule has 0 saturated carbocycles. The Kier molecular flexibility index (Phi) is 3.95. The van der Waals surface area contributed by atoms with E-state index < -0.39 is 0 Å². The smallest absolute Gasteiger partial charge is 0.289 e. The van der Waals surface area contributed by atoms with E-state index in [1.807, 2.05) is 26.2 Å². The van der Waals surface area contributed by atoms with E-state index >= 15 is 0 Å². The van der Waals surface area contributed by atoms with Gasteiger partial charge in [0.1, 0.15) is 0 Å². The fourth-order valence-corrected chi connectivity index (χ4v) is 2.60. The molecule has 2 aromatic carbocycles. The third kappa shape index (κ3) is 2.36. The van der Waals surface area contributed by atoms with Crippen molar-refractivity contribution >= 4 is 16.7 Å². The van der Waals surface area contributed by atoms with E-state index in [1.54, 1.807) is 12.1 Å². The fourth-order valence-electron chi connectivity index (χ4n) is 2.60. The molecule has 0 aliphatic rings. The highest BCUT2D eigenvalue weighted by Crippen LogP contribution is 2.23. The second-order valence-electron chi connectivity index (χ2n) is 4.73. The lowest BCUT2D eigenvalue weighted by atomic mass is 10.2. The van der Waals surface area contributed by atoms with Crippen LogP contribution < -0.4 is 17.0 Å². The van der Waals surface area contributed by atoms with E-state index in [0.717, 1.165) is 22.4 Å². The maximum atomic E-state index is 10.7. The number of hydrogen-bond donors (Lipinski definition) is 0. The second-order valence-corrected chi connectivity index (χ2v) is 4.73. The van der Waals surface area contributed by atoms with Gasteiger partial charge in [-0.2, -0.15) is 0 Å². The zero-order chi connectivity index (χ0) is 14.3. The Morgan fingerprint density at radius 1 is 1.10 bits per heavy atom. The molecule has 0 amide bonds. The molecule has 0 aliphatic carbocycles. The van der Waals surface area contributed by atoms with Gasteiger partial charge in [-0.05, 0) is 24.3 Å². The van der Waals surface area contributed by atoms with Crippen molar-refractivity contribution in [1.82, 2.24) is 4.57 Å². The van der Waals surface area contributed by atoms with Crippen molar-refractivity contribution < 1.29 is 21.9 Å². The number of para-hydroxylation sites is 2. The number of nitro benzene ring substituents is 1. The zero-order valence-corrected chi connectivity index (χ0v) is 12.4. The average molecular weight is 304 g/mol. The van der Waals surface area contributed by atoms with Crippen LogP contribution in [-0.4, -0.2) is 9.49 Å². The van der Waals surface area contributed by atoms with Gasteiger partial charge in [-0.15, -0.1) is 0 Å². The lowest BCUT2D eigenvalue weighted by Crippen LogP contribution is -3.00. The van der Waals surface area contributed by atoms with E-state index in [0.29, 0.717) is 0 Å². The van der Waals surface area contributed by atoms with Crippen LogP contribution in [0.1, 0.15) is 0 Å².